The van der Waals surface area contributed by atoms with Crippen LogP contribution < -0.4 is 5.32 Å². The van der Waals surface area contributed by atoms with Gasteiger partial charge in [-0.15, -0.1) is 22.7 Å². The summed E-state index contributed by atoms with van der Waals surface area (Å²) in [4.78, 5) is 27.3. The molecule has 8 heteroatoms. The standard InChI is InChI=1S/C16H18N2O4S2/c1-16(8-17-14(21)12-4-10(19)6-23-12)2-3-18(9-16)15(22)13-5-11(20)7-24-13/h4-7,19-20H,2-3,8-9H2,1H3,(H,17,21). The van der Waals surface area contributed by atoms with Crippen LogP contribution in [0.25, 0.3) is 0 Å². The van der Waals surface area contributed by atoms with Crippen molar-refractivity contribution in [3.05, 3.63) is 32.6 Å². The van der Waals surface area contributed by atoms with Crippen LogP contribution in [0.4, 0.5) is 0 Å². The molecule has 2 aromatic rings. The van der Waals surface area contributed by atoms with E-state index in [1.54, 1.807) is 10.3 Å². The summed E-state index contributed by atoms with van der Waals surface area (Å²) in [7, 11) is 0. The van der Waals surface area contributed by atoms with Gasteiger partial charge < -0.3 is 20.4 Å². The number of carbonyl (C=O) groups is 2. The quantitative estimate of drug-likeness (QED) is 0.775. The molecule has 1 aliphatic rings. The van der Waals surface area contributed by atoms with E-state index in [1.165, 1.54) is 40.2 Å². The Morgan fingerprint density at radius 3 is 2.42 bits per heavy atom. The molecule has 1 atom stereocenters. The van der Waals surface area contributed by atoms with Crippen LogP contribution in [0.5, 0.6) is 11.5 Å². The average Bonchev–Trinajstić information content (AvgIpc) is 3.25. The number of likely N-dealkylation sites (tertiary alicyclic amines) is 1. The molecule has 3 heterocycles. The van der Waals surface area contributed by atoms with Gasteiger partial charge in [-0.05, 0) is 6.42 Å². The molecule has 0 spiro atoms. The normalized spacial score (nSPS) is 20.3. The van der Waals surface area contributed by atoms with E-state index in [0.29, 0.717) is 29.4 Å². The zero-order chi connectivity index (χ0) is 17.3. The Bertz CT molecular complexity index is 770. The summed E-state index contributed by atoms with van der Waals surface area (Å²) in [5.74, 6) is -0.0991. The SMILES string of the molecule is CC1(CNC(=O)c2cc(O)cs2)CCN(C(=O)c2cc(O)cs2)C1. The van der Waals surface area contributed by atoms with Crippen molar-refractivity contribution >= 4 is 34.5 Å². The summed E-state index contributed by atoms with van der Waals surface area (Å²) in [5, 5.41) is 24.6. The van der Waals surface area contributed by atoms with Gasteiger partial charge in [0.25, 0.3) is 11.8 Å². The van der Waals surface area contributed by atoms with E-state index >= 15 is 0 Å². The second-order valence-corrected chi connectivity index (χ2v) is 8.13. The largest absolute Gasteiger partial charge is 0.507 e. The van der Waals surface area contributed by atoms with Gasteiger partial charge in [0.2, 0.25) is 0 Å². The van der Waals surface area contributed by atoms with Crippen LogP contribution in [0.1, 0.15) is 32.7 Å². The molecule has 0 saturated carbocycles. The van der Waals surface area contributed by atoms with Crippen LogP contribution >= 0.6 is 22.7 Å². The molecule has 6 nitrogen and oxygen atoms in total. The fourth-order valence-corrected chi connectivity index (χ4v) is 4.18. The summed E-state index contributed by atoms with van der Waals surface area (Å²) in [6.45, 7) is 3.69. The van der Waals surface area contributed by atoms with E-state index in [-0.39, 0.29) is 28.7 Å². The lowest BCUT2D eigenvalue weighted by Gasteiger charge is -2.24. The van der Waals surface area contributed by atoms with E-state index < -0.39 is 0 Å². The Morgan fingerprint density at radius 2 is 1.83 bits per heavy atom. The van der Waals surface area contributed by atoms with Gasteiger partial charge in [0.1, 0.15) is 11.5 Å². The van der Waals surface area contributed by atoms with Gasteiger partial charge in [-0.3, -0.25) is 9.59 Å². The van der Waals surface area contributed by atoms with E-state index in [2.05, 4.69) is 5.32 Å². The number of amides is 2. The van der Waals surface area contributed by atoms with Gasteiger partial charge in [-0.1, -0.05) is 6.92 Å². The third-order valence-electron chi connectivity index (χ3n) is 4.13. The molecule has 1 fully saturated rings. The van der Waals surface area contributed by atoms with Crippen LogP contribution in [0, 0.1) is 5.41 Å². The van der Waals surface area contributed by atoms with Crippen molar-refractivity contribution in [2.24, 2.45) is 5.41 Å². The lowest BCUT2D eigenvalue weighted by Crippen LogP contribution is -2.38. The Labute approximate surface area is 147 Å². The van der Waals surface area contributed by atoms with Crippen molar-refractivity contribution in [1.29, 1.82) is 0 Å². The highest BCUT2D eigenvalue weighted by atomic mass is 32.1. The van der Waals surface area contributed by atoms with Crippen LogP contribution in [-0.2, 0) is 0 Å². The fourth-order valence-electron chi connectivity index (χ4n) is 2.76. The molecule has 1 saturated heterocycles. The van der Waals surface area contributed by atoms with Gasteiger partial charge >= 0.3 is 0 Å². The summed E-state index contributed by atoms with van der Waals surface area (Å²) >= 11 is 2.42. The highest BCUT2D eigenvalue weighted by molar-refractivity contribution is 7.12. The van der Waals surface area contributed by atoms with Crippen molar-refractivity contribution in [3.63, 3.8) is 0 Å². The summed E-state index contributed by atoms with van der Waals surface area (Å²) in [5.41, 5.74) is -0.191. The predicted molar refractivity (Wildman–Crippen MR) is 92.9 cm³/mol. The number of thiophene rings is 2. The molecule has 0 aromatic carbocycles. The minimum absolute atomic E-state index is 0.0847. The van der Waals surface area contributed by atoms with E-state index in [9.17, 15) is 19.8 Å². The summed E-state index contributed by atoms with van der Waals surface area (Å²) in [6, 6.07) is 2.92. The monoisotopic (exact) mass is 366 g/mol. The Balaban J connectivity index is 1.57. The summed E-state index contributed by atoms with van der Waals surface area (Å²) < 4.78 is 0. The zero-order valence-corrected chi connectivity index (χ0v) is 14.7. The third kappa shape index (κ3) is 3.54. The Kier molecular flexibility index (Phi) is 4.51. The van der Waals surface area contributed by atoms with Gasteiger partial charge in [0.15, 0.2) is 0 Å². The predicted octanol–water partition coefficient (Wildman–Crippen LogP) is 2.50. The topological polar surface area (TPSA) is 89.9 Å². The first kappa shape index (κ1) is 16.8. The van der Waals surface area contributed by atoms with Crippen molar-refractivity contribution in [2.45, 2.75) is 13.3 Å². The Morgan fingerprint density at radius 1 is 1.21 bits per heavy atom. The maximum atomic E-state index is 12.4. The molecular formula is C16H18N2O4S2. The maximum Gasteiger partial charge on any atom is 0.264 e. The first-order valence-electron chi connectivity index (χ1n) is 7.49. The second-order valence-electron chi connectivity index (χ2n) is 6.31. The third-order valence-corrected chi connectivity index (χ3v) is 5.95. The molecule has 24 heavy (non-hydrogen) atoms. The van der Waals surface area contributed by atoms with E-state index in [0.717, 1.165) is 6.42 Å². The molecule has 0 bridgehead atoms. The minimum Gasteiger partial charge on any atom is -0.507 e. The van der Waals surface area contributed by atoms with Gasteiger partial charge in [0, 0.05) is 47.9 Å². The van der Waals surface area contributed by atoms with E-state index in [1.807, 2.05) is 6.92 Å². The van der Waals surface area contributed by atoms with Crippen LogP contribution in [0.15, 0.2) is 22.9 Å². The van der Waals surface area contributed by atoms with Gasteiger partial charge in [0.05, 0.1) is 9.75 Å². The van der Waals surface area contributed by atoms with Crippen LogP contribution in [0.2, 0.25) is 0 Å². The molecule has 3 rings (SSSR count). The number of nitrogens with zero attached hydrogens (tertiary/aromatic N) is 1. The minimum atomic E-state index is -0.213. The lowest BCUT2D eigenvalue weighted by atomic mass is 9.90. The van der Waals surface area contributed by atoms with Crippen molar-refractivity contribution < 1.29 is 19.8 Å². The van der Waals surface area contributed by atoms with Gasteiger partial charge in [-0.25, -0.2) is 0 Å². The van der Waals surface area contributed by atoms with Crippen LogP contribution in [0.3, 0.4) is 0 Å². The highest BCUT2D eigenvalue weighted by Crippen LogP contribution is 2.32. The van der Waals surface area contributed by atoms with Crippen molar-refractivity contribution in [3.8, 4) is 11.5 Å². The molecule has 1 unspecified atom stereocenters. The number of aromatic hydroxyl groups is 2. The van der Waals surface area contributed by atoms with Crippen molar-refractivity contribution in [1.82, 2.24) is 10.2 Å². The van der Waals surface area contributed by atoms with Gasteiger partial charge in [-0.2, -0.15) is 0 Å². The smallest absolute Gasteiger partial charge is 0.264 e. The fraction of sp³-hybridized carbons (Fsp3) is 0.375. The molecule has 3 N–H and O–H groups in total. The lowest BCUT2D eigenvalue weighted by molar-refractivity contribution is 0.0779. The van der Waals surface area contributed by atoms with E-state index in [4.69, 9.17) is 0 Å². The Hall–Kier alpha value is -2.06. The first-order chi connectivity index (χ1) is 11.4. The number of hydrogen-bond donors (Lipinski definition) is 3. The van der Waals surface area contributed by atoms with Crippen LogP contribution in [-0.4, -0.2) is 46.6 Å². The zero-order valence-electron chi connectivity index (χ0n) is 13.1. The first-order valence-corrected chi connectivity index (χ1v) is 9.25. The molecule has 1 aliphatic heterocycles. The number of hydrogen-bond acceptors (Lipinski definition) is 6. The number of nitrogens with one attached hydrogen (secondary N) is 1. The highest BCUT2D eigenvalue weighted by Gasteiger charge is 2.37. The molecule has 0 aliphatic carbocycles. The second kappa shape index (κ2) is 6.45. The molecule has 2 amide bonds. The number of carbonyl (C=O) groups excluding carboxylic acids is 2. The maximum absolute atomic E-state index is 12.4. The summed E-state index contributed by atoms with van der Waals surface area (Å²) in [6.07, 6.45) is 0.798. The van der Waals surface area contributed by atoms with Crippen molar-refractivity contribution in [2.75, 3.05) is 19.6 Å². The molecule has 0 radical (unpaired) electrons. The molecular weight excluding hydrogens is 348 g/mol. The molecule has 128 valence electrons. The number of rotatable bonds is 4. The molecule has 2 aromatic heterocycles. The average molecular weight is 366 g/mol.